The summed E-state index contributed by atoms with van der Waals surface area (Å²) in [5.41, 5.74) is 0.140. The van der Waals surface area contributed by atoms with E-state index >= 15 is 0 Å². The van der Waals surface area contributed by atoms with Gasteiger partial charge in [0.2, 0.25) is 0 Å². The van der Waals surface area contributed by atoms with Gasteiger partial charge in [0.1, 0.15) is 5.57 Å². The minimum atomic E-state index is -0.763. The van der Waals surface area contributed by atoms with E-state index in [1.54, 1.807) is 13.8 Å². The molecular formula is C18H21Cl2NO5. The lowest BCUT2D eigenvalue weighted by atomic mass is 10.1. The van der Waals surface area contributed by atoms with Crippen LogP contribution < -0.4 is 5.32 Å². The zero-order valence-corrected chi connectivity index (χ0v) is 16.5. The van der Waals surface area contributed by atoms with E-state index in [4.69, 9.17) is 32.7 Å². The lowest BCUT2D eigenvalue weighted by Gasteiger charge is -2.12. The molecule has 0 heterocycles. The second kappa shape index (κ2) is 10.2. The molecule has 0 saturated carbocycles. The molecule has 0 aromatic heterocycles. The fraction of sp³-hybridized carbons (Fsp3) is 0.389. The molecule has 0 atom stereocenters. The lowest BCUT2D eigenvalue weighted by Crippen LogP contribution is -2.18. The highest BCUT2D eigenvalue weighted by Gasteiger charge is 2.19. The van der Waals surface area contributed by atoms with Gasteiger partial charge in [-0.3, -0.25) is 4.79 Å². The van der Waals surface area contributed by atoms with Gasteiger partial charge in [-0.2, -0.15) is 0 Å². The van der Waals surface area contributed by atoms with Gasteiger partial charge in [0.05, 0.1) is 29.0 Å². The van der Waals surface area contributed by atoms with Crippen molar-refractivity contribution in [1.29, 1.82) is 0 Å². The highest BCUT2D eigenvalue weighted by Crippen LogP contribution is 2.31. The van der Waals surface area contributed by atoms with Crippen molar-refractivity contribution in [3.8, 4) is 0 Å². The lowest BCUT2D eigenvalue weighted by molar-refractivity contribution is -0.143. The highest BCUT2D eigenvalue weighted by molar-refractivity contribution is 6.38. The van der Waals surface area contributed by atoms with E-state index in [9.17, 15) is 14.4 Å². The van der Waals surface area contributed by atoms with Gasteiger partial charge in [-0.25, -0.2) is 9.59 Å². The van der Waals surface area contributed by atoms with Crippen LogP contribution in [-0.2, 0) is 19.1 Å². The molecule has 1 aromatic rings. The zero-order valence-electron chi connectivity index (χ0n) is 15.0. The molecule has 1 aromatic carbocycles. The Labute approximate surface area is 162 Å². The maximum atomic E-state index is 12.1. The van der Waals surface area contributed by atoms with Crippen molar-refractivity contribution in [2.45, 2.75) is 40.2 Å². The van der Waals surface area contributed by atoms with Gasteiger partial charge in [0.15, 0.2) is 5.78 Å². The van der Waals surface area contributed by atoms with Crippen molar-refractivity contribution in [1.82, 2.24) is 0 Å². The molecule has 0 aliphatic rings. The fourth-order valence-electron chi connectivity index (χ4n) is 1.85. The van der Waals surface area contributed by atoms with Crippen LogP contribution in [0.15, 0.2) is 23.9 Å². The minimum Gasteiger partial charge on any atom is -0.462 e. The molecule has 0 radical (unpaired) electrons. The van der Waals surface area contributed by atoms with Crippen LogP contribution in [0.2, 0.25) is 10.0 Å². The standard InChI is InChI=1S/C18H21Cl2NO5/c1-5-6-25-17(23)13-7-12(19)8-15(16(13)20)21-9-14(11(4)22)18(24)26-10(2)3/h7-10,21H,5-6H2,1-4H3. The molecule has 0 bridgehead atoms. The summed E-state index contributed by atoms with van der Waals surface area (Å²) in [7, 11) is 0. The number of rotatable bonds is 8. The Bertz CT molecular complexity index is 729. The van der Waals surface area contributed by atoms with E-state index in [-0.39, 0.29) is 39.6 Å². The molecule has 26 heavy (non-hydrogen) atoms. The molecule has 1 rings (SSSR count). The van der Waals surface area contributed by atoms with Crippen molar-refractivity contribution < 1.29 is 23.9 Å². The summed E-state index contributed by atoms with van der Waals surface area (Å²) in [6.45, 7) is 6.70. The fourth-order valence-corrected chi connectivity index (χ4v) is 2.31. The average Bonchev–Trinajstić information content (AvgIpc) is 2.54. The number of esters is 2. The third-order valence-electron chi connectivity index (χ3n) is 3.01. The SMILES string of the molecule is CCCOC(=O)c1cc(Cl)cc(NC=C(C(C)=O)C(=O)OC(C)C)c1Cl. The van der Waals surface area contributed by atoms with Gasteiger partial charge in [0, 0.05) is 11.2 Å². The number of nitrogens with one attached hydrogen (secondary N) is 1. The van der Waals surface area contributed by atoms with Crippen LogP contribution in [0.25, 0.3) is 0 Å². The average molecular weight is 402 g/mol. The summed E-state index contributed by atoms with van der Waals surface area (Å²) in [5.74, 6) is -1.86. The molecule has 0 amide bonds. The van der Waals surface area contributed by atoms with E-state index in [0.717, 1.165) is 0 Å². The van der Waals surface area contributed by atoms with Gasteiger partial charge in [0.25, 0.3) is 0 Å². The van der Waals surface area contributed by atoms with Gasteiger partial charge >= 0.3 is 11.9 Å². The summed E-state index contributed by atoms with van der Waals surface area (Å²) in [6.07, 6.45) is 1.46. The molecule has 142 valence electrons. The summed E-state index contributed by atoms with van der Waals surface area (Å²) in [5, 5.41) is 3.03. The summed E-state index contributed by atoms with van der Waals surface area (Å²) in [4.78, 5) is 35.7. The Morgan fingerprint density at radius 2 is 1.88 bits per heavy atom. The number of hydrogen-bond donors (Lipinski definition) is 1. The largest absolute Gasteiger partial charge is 0.462 e. The first-order valence-electron chi connectivity index (χ1n) is 8.02. The van der Waals surface area contributed by atoms with Crippen LogP contribution in [0, 0.1) is 0 Å². The Morgan fingerprint density at radius 1 is 1.23 bits per heavy atom. The number of Topliss-reactive ketones (excluding diaryl/α,β-unsaturated/α-hetero) is 1. The van der Waals surface area contributed by atoms with Crippen LogP contribution in [0.5, 0.6) is 0 Å². The third kappa shape index (κ3) is 6.35. The number of carbonyl (C=O) groups is 3. The summed E-state index contributed by atoms with van der Waals surface area (Å²) >= 11 is 12.3. The van der Waals surface area contributed by atoms with Gasteiger partial charge < -0.3 is 14.8 Å². The Kier molecular flexibility index (Phi) is 8.61. The maximum Gasteiger partial charge on any atom is 0.343 e. The quantitative estimate of drug-likeness (QED) is 0.301. The normalized spacial score (nSPS) is 11.3. The van der Waals surface area contributed by atoms with Crippen molar-refractivity contribution >= 4 is 46.6 Å². The van der Waals surface area contributed by atoms with Crippen molar-refractivity contribution in [2.75, 3.05) is 11.9 Å². The zero-order chi connectivity index (χ0) is 19.9. The second-order valence-electron chi connectivity index (χ2n) is 5.66. The topological polar surface area (TPSA) is 81.7 Å². The number of hydrogen-bond acceptors (Lipinski definition) is 6. The molecule has 6 nitrogen and oxygen atoms in total. The molecule has 0 fully saturated rings. The Morgan fingerprint density at radius 3 is 2.42 bits per heavy atom. The Hall–Kier alpha value is -2.05. The molecule has 1 N–H and O–H groups in total. The van der Waals surface area contributed by atoms with Gasteiger partial charge in [-0.05, 0) is 39.3 Å². The van der Waals surface area contributed by atoms with E-state index < -0.39 is 17.7 Å². The van der Waals surface area contributed by atoms with Crippen LogP contribution in [0.1, 0.15) is 44.5 Å². The minimum absolute atomic E-state index is 0.0619. The summed E-state index contributed by atoms with van der Waals surface area (Å²) in [6, 6.07) is 2.85. The number of anilines is 1. The van der Waals surface area contributed by atoms with Crippen LogP contribution in [-0.4, -0.2) is 30.4 Å². The predicted molar refractivity (Wildman–Crippen MR) is 101 cm³/mol. The van der Waals surface area contributed by atoms with Gasteiger partial charge in [-0.1, -0.05) is 30.1 Å². The first-order chi connectivity index (χ1) is 12.2. The molecule has 0 aliphatic carbocycles. The highest BCUT2D eigenvalue weighted by atomic mass is 35.5. The number of carbonyl (C=O) groups excluding carboxylic acids is 3. The first-order valence-corrected chi connectivity index (χ1v) is 8.77. The monoisotopic (exact) mass is 401 g/mol. The number of halogens is 2. The molecule has 8 heteroatoms. The second-order valence-corrected chi connectivity index (χ2v) is 6.48. The van der Waals surface area contributed by atoms with Crippen molar-refractivity contribution in [3.05, 3.63) is 39.5 Å². The molecule has 0 spiro atoms. The van der Waals surface area contributed by atoms with Crippen molar-refractivity contribution in [3.63, 3.8) is 0 Å². The predicted octanol–water partition coefficient (Wildman–Crippen LogP) is 4.40. The van der Waals surface area contributed by atoms with Crippen LogP contribution in [0.4, 0.5) is 5.69 Å². The van der Waals surface area contributed by atoms with Gasteiger partial charge in [-0.15, -0.1) is 0 Å². The van der Waals surface area contributed by atoms with Crippen LogP contribution >= 0.6 is 23.2 Å². The third-order valence-corrected chi connectivity index (χ3v) is 3.63. The maximum absolute atomic E-state index is 12.1. The molecule has 0 unspecified atom stereocenters. The number of benzene rings is 1. The summed E-state index contributed by atoms with van der Waals surface area (Å²) < 4.78 is 10.1. The number of ketones is 1. The van der Waals surface area contributed by atoms with Crippen molar-refractivity contribution in [2.24, 2.45) is 0 Å². The molecule has 0 saturated heterocycles. The number of ether oxygens (including phenoxy) is 2. The molecule has 0 aliphatic heterocycles. The van der Waals surface area contributed by atoms with Crippen LogP contribution in [0.3, 0.4) is 0 Å². The van der Waals surface area contributed by atoms with E-state index in [0.29, 0.717) is 6.42 Å². The first kappa shape index (κ1) is 22.0. The molecular weight excluding hydrogens is 381 g/mol. The van der Waals surface area contributed by atoms with E-state index in [1.807, 2.05) is 6.92 Å². The smallest absolute Gasteiger partial charge is 0.343 e. The van der Waals surface area contributed by atoms with E-state index in [2.05, 4.69) is 5.32 Å². The Balaban J connectivity index is 3.15. The van der Waals surface area contributed by atoms with E-state index in [1.165, 1.54) is 25.3 Å².